The second-order valence-electron chi connectivity index (χ2n) is 9.48. The third-order valence-corrected chi connectivity index (χ3v) is 8.52. The summed E-state index contributed by atoms with van der Waals surface area (Å²) in [5, 5.41) is 10.3. The number of ether oxygens (including phenoxy) is 5. The first-order valence-corrected chi connectivity index (χ1v) is 14.8. The first kappa shape index (κ1) is 30.6. The van der Waals surface area contributed by atoms with Crippen molar-refractivity contribution in [2.45, 2.75) is 55.2 Å². The summed E-state index contributed by atoms with van der Waals surface area (Å²) in [5.41, 5.74) is 1.86. The summed E-state index contributed by atoms with van der Waals surface area (Å²) < 4.78 is 57.3. The van der Waals surface area contributed by atoms with Crippen LogP contribution in [0.3, 0.4) is 0 Å². The molecule has 1 N–H and O–H groups in total. The summed E-state index contributed by atoms with van der Waals surface area (Å²) in [5.74, 6) is 0. The smallest absolute Gasteiger partial charge is 0.206 e. The number of rotatable bonds is 14. The average molecular weight is 581 g/mol. The highest BCUT2D eigenvalue weighted by molar-refractivity contribution is 7.95. The van der Waals surface area contributed by atoms with Crippen molar-refractivity contribution >= 4 is 9.84 Å². The molecule has 8 nitrogen and oxygen atoms in total. The standard InChI is InChI=1S/C32H36O8S/c1-3-13-27(41(34,35)26-18-11-6-12-19-26)23-39-29-28(20-33)40-32(36-2)31(38-22-25-16-9-5-10-17-25)30(29)37-21-24-14-7-4-8-15-24/h3-12,14-19,23,28-33H,1,13,20-22H2,2H3/b27-23+. The van der Waals surface area contributed by atoms with E-state index in [4.69, 9.17) is 23.7 Å². The molecule has 0 bridgehead atoms. The lowest BCUT2D eigenvalue weighted by Gasteiger charge is -2.44. The SMILES string of the molecule is C=CC/C(=C\OC1C(CO)OC(OC)C(OCc2ccccc2)C1OCc1ccccc1)S(=O)(=O)c1ccccc1. The number of aliphatic hydroxyl groups is 1. The van der Waals surface area contributed by atoms with Crippen LogP contribution >= 0.6 is 0 Å². The highest BCUT2D eigenvalue weighted by Crippen LogP contribution is 2.31. The van der Waals surface area contributed by atoms with E-state index in [0.717, 1.165) is 11.1 Å². The van der Waals surface area contributed by atoms with Crippen LogP contribution in [0.25, 0.3) is 0 Å². The Hall–Kier alpha value is -3.31. The molecule has 1 saturated heterocycles. The Kier molecular flexibility index (Phi) is 11.3. The quantitative estimate of drug-likeness (QED) is 0.215. The Morgan fingerprint density at radius 2 is 1.39 bits per heavy atom. The second kappa shape index (κ2) is 15.1. The van der Waals surface area contributed by atoms with Crippen LogP contribution in [-0.2, 0) is 46.7 Å². The summed E-state index contributed by atoms with van der Waals surface area (Å²) in [7, 11) is -2.38. The number of hydrogen-bond acceptors (Lipinski definition) is 8. The average Bonchev–Trinajstić information content (AvgIpc) is 3.02. The molecule has 0 aromatic heterocycles. The Bertz CT molecular complexity index is 1350. The fraction of sp³-hybridized carbons (Fsp3) is 0.312. The first-order valence-electron chi connectivity index (χ1n) is 13.3. The maximum atomic E-state index is 13.4. The van der Waals surface area contributed by atoms with Gasteiger partial charge in [0, 0.05) is 13.5 Å². The van der Waals surface area contributed by atoms with Gasteiger partial charge in [-0.05, 0) is 23.3 Å². The van der Waals surface area contributed by atoms with E-state index in [2.05, 4.69) is 6.58 Å². The van der Waals surface area contributed by atoms with Gasteiger partial charge in [-0.1, -0.05) is 84.9 Å². The van der Waals surface area contributed by atoms with Crippen molar-refractivity contribution in [3.8, 4) is 0 Å². The number of allylic oxidation sites excluding steroid dienone is 2. The van der Waals surface area contributed by atoms with E-state index in [1.807, 2.05) is 60.7 Å². The number of sulfone groups is 1. The zero-order chi connectivity index (χ0) is 29.1. The number of aliphatic hydroxyl groups excluding tert-OH is 1. The fourth-order valence-electron chi connectivity index (χ4n) is 4.55. The van der Waals surface area contributed by atoms with Gasteiger partial charge in [-0.2, -0.15) is 0 Å². The summed E-state index contributed by atoms with van der Waals surface area (Å²) in [4.78, 5) is 0.142. The minimum atomic E-state index is -3.87. The lowest BCUT2D eigenvalue weighted by molar-refractivity contribution is -0.314. The third-order valence-electron chi connectivity index (χ3n) is 6.67. The molecule has 0 amide bonds. The van der Waals surface area contributed by atoms with Gasteiger partial charge < -0.3 is 28.8 Å². The highest BCUT2D eigenvalue weighted by atomic mass is 32.2. The van der Waals surface area contributed by atoms with Crippen LogP contribution in [0.5, 0.6) is 0 Å². The molecule has 3 aromatic carbocycles. The predicted octanol–water partition coefficient (Wildman–Crippen LogP) is 4.80. The number of hydrogen-bond donors (Lipinski definition) is 1. The van der Waals surface area contributed by atoms with Crippen molar-refractivity contribution in [2.24, 2.45) is 0 Å². The van der Waals surface area contributed by atoms with Gasteiger partial charge in [0.15, 0.2) is 12.4 Å². The normalized spacial score (nSPS) is 23.2. The largest absolute Gasteiger partial charge is 0.491 e. The van der Waals surface area contributed by atoms with E-state index >= 15 is 0 Å². The van der Waals surface area contributed by atoms with Gasteiger partial charge in [0.05, 0.1) is 35.9 Å². The van der Waals surface area contributed by atoms with Gasteiger partial charge in [0.2, 0.25) is 9.84 Å². The van der Waals surface area contributed by atoms with Crippen LogP contribution < -0.4 is 0 Å². The zero-order valence-corrected chi connectivity index (χ0v) is 23.8. The molecule has 9 heteroatoms. The maximum Gasteiger partial charge on any atom is 0.206 e. The van der Waals surface area contributed by atoms with Crippen LogP contribution in [0.1, 0.15) is 17.5 Å². The summed E-state index contributed by atoms with van der Waals surface area (Å²) in [6.45, 7) is 3.76. The van der Waals surface area contributed by atoms with Gasteiger partial charge >= 0.3 is 0 Å². The summed E-state index contributed by atoms with van der Waals surface area (Å²) in [6, 6.07) is 27.3. The fourth-order valence-corrected chi connectivity index (χ4v) is 5.89. The molecule has 218 valence electrons. The molecule has 5 unspecified atom stereocenters. The van der Waals surface area contributed by atoms with Crippen molar-refractivity contribution in [3.63, 3.8) is 0 Å². The summed E-state index contributed by atoms with van der Waals surface area (Å²) >= 11 is 0. The second-order valence-corrected chi connectivity index (χ2v) is 11.5. The van der Waals surface area contributed by atoms with Crippen molar-refractivity contribution in [3.05, 3.63) is 126 Å². The van der Waals surface area contributed by atoms with Crippen molar-refractivity contribution < 1.29 is 37.2 Å². The minimum Gasteiger partial charge on any atom is -0.491 e. The molecule has 1 heterocycles. The molecule has 0 aliphatic carbocycles. The van der Waals surface area contributed by atoms with E-state index < -0.39 is 47.2 Å². The van der Waals surface area contributed by atoms with Gasteiger partial charge in [0.25, 0.3) is 0 Å². The Morgan fingerprint density at radius 3 is 1.90 bits per heavy atom. The van der Waals surface area contributed by atoms with Crippen LogP contribution in [0.4, 0.5) is 0 Å². The Labute approximate surface area is 241 Å². The molecule has 41 heavy (non-hydrogen) atoms. The molecule has 1 aliphatic heterocycles. The van der Waals surface area contributed by atoms with E-state index in [9.17, 15) is 13.5 Å². The highest BCUT2D eigenvalue weighted by Gasteiger charge is 2.49. The molecular formula is C32H36O8S. The van der Waals surface area contributed by atoms with E-state index in [0.29, 0.717) is 0 Å². The number of benzene rings is 3. The molecule has 0 saturated carbocycles. The lowest BCUT2D eigenvalue weighted by Crippen LogP contribution is -2.61. The maximum absolute atomic E-state index is 13.4. The van der Waals surface area contributed by atoms with Crippen LogP contribution in [0, 0.1) is 0 Å². The molecular weight excluding hydrogens is 544 g/mol. The Balaban J connectivity index is 1.67. The molecule has 1 aliphatic rings. The third kappa shape index (κ3) is 7.91. The molecule has 5 atom stereocenters. The monoisotopic (exact) mass is 580 g/mol. The topological polar surface area (TPSA) is 101 Å². The number of methoxy groups -OCH3 is 1. The molecule has 0 spiro atoms. The van der Waals surface area contributed by atoms with E-state index in [-0.39, 0.29) is 29.4 Å². The molecule has 1 fully saturated rings. The zero-order valence-electron chi connectivity index (χ0n) is 23.0. The van der Waals surface area contributed by atoms with Crippen molar-refractivity contribution in [2.75, 3.05) is 13.7 Å². The lowest BCUT2D eigenvalue weighted by atomic mass is 9.98. The summed E-state index contributed by atoms with van der Waals surface area (Å²) in [6.07, 6.45) is -1.53. The Morgan fingerprint density at radius 1 is 0.854 bits per heavy atom. The van der Waals surface area contributed by atoms with Crippen LogP contribution in [0.15, 0.2) is 120 Å². The molecule has 4 rings (SSSR count). The molecule has 3 aromatic rings. The van der Waals surface area contributed by atoms with Crippen LogP contribution in [-0.4, -0.2) is 57.9 Å². The van der Waals surface area contributed by atoms with E-state index in [1.54, 1.807) is 18.2 Å². The van der Waals surface area contributed by atoms with Crippen LogP contribution in [0.2, 0.25) is 0 Å². The van der Waals surface area contributed by atoms with Gasteiger partial charge in [-0.15, -0.1) is 6.58 Å². The predicted molar refractivity (Wildman–Crippen MR) is 154 cm³/mol. The van der Waals surface area contributed by atoms with Gasteiger partial charge in [0.1, 0.15) is 18.3 Å². The van der Waals surface area contributed by atoms with Crippen molar-refractivity contribution in [1.29, 1.82) is 0 Å². The first-order chi connectivity index (χ1) is 20.0. The van der Waals surface area contributed by atoms with Crippen molar-refractivity contribution in [1.82, 2.24) is 0 Å². The molecule has 0 radical (unpaired) electrons. The van der Waals surface area contributed by atoms with Gasteiger partial charge in [-0.3, -0.25) is 0 Å². The minimum absolute atomic E-state index is 0.00724. The van der Waals surface area contributed by atoms with E-state index in [1.165, 1.54) is 31.6 Å². The van der Waals surface area contributed by atoms with Gasteiger partial charge in [-0.25, -0.2) is 8.42 Å².